The zero-order chi connectivity index (χ0) is 18.5. The van der Waals surface area contributed by atoms with E-state index in [-0.39, 0.29) is 6.04 Å². The van der Waals surface area contributed by atoms with E-state index in [1.165, 1.54) is 0 Å². The molecular weight excluding hydrogens is 326 g/mol. The molecule has 26 heavy (non-hydrogen) atoms. The van der Waals surface area contributed by atoms with Gasteiger partial charge in [-0.2, -0.15) is 0 Å². The minimum absolute atomic E-state index is 0.171. The lowest BCUT2D eigenvalue weighted by Crippen LogP contribution is -2.52. The average molecular weight is 360 g/mol. The van der Waals surface area contributed by atoms with Gasteiger partial charge in [0.1, 0.15) is 5.75 Å². The average Bonchev–Trinajstić information content (AvgIpc) is 2.63. The quantitative estimate of drug-likeness (QED) is 0.619. The van der Waals surface area contributed by atoms with Gasteiger partial charge in [0.05, 0.1) is 19.2 Å². The monoisotopic (exact) mass is 359 g/mol. The van der Waals surface area contributed by atoms with Crippen LogP contribution in [0.3, 0.4) is 0 Å². The highest BCUT2D eigenvalue weighted by atomic mass is 16.5. The van der Waals surface area contributed by atoms with Crippen molar-refractivity contribution in [2.45, 2.75) is 32.4 Å². The molecule has 1 aromatic rings. The van der Waals surface area contributed by atoms with Gasteiger partial charge in [-0.15, -0.1) is 0 Å². The summed E-state index contributed by atoms with van der Waals surface area (Å²) in [5.74, 6) is 2.03. The normalized spacial score (nSPS) is 23.4. The summed E-state index contributed by atoms with van der Waals surface area (Å²) in [6.07, 6.45) is 0.902. The first-order chi connectivity index (χ1) is 12.5. The van der Waals surface area contributed by atoms with E-state index in [0.717, 1.165) is 50.5 Å². The summed E-state index contributed by atoms with van der Waals surface area (Å²) >= 11 is 0. The third kappa shape index (κ3) is 4.68. The van der Waals surface area contributed by atoms with E-state index in [2.05, 4.69) is 42.1 Å². The Morgan fingerprint density at radius 1 is 1.27 bits per heavy atom. The van der Waals surface area contributed by atoms with Crippen LogP contribution in [0, 0.1) is 5.92 Å². The Hall–Kier alpha value is -1.79. The zero-order valence-electron chi connectivity index (χ0n) is 16.3. The number of hydrogen-bond acceptors (Lipinski definition) is 4. The van der Waals surface area contributed by atoms with Crippen LogP contribution >= 0.6 is 0 Å². The number of piperazine rings is 1. The van der Waals surface area contributed by atoms with Gasteiger partial charge in [-0.1, -0.05) is 32.0 Å². The fourth-order valence-corrected chi connectivity index (χ4v) is 3.81. The molecule has 2 atom stereocenters. The van der Waals surface area contributed by atoms with Gasteiger partial charge in [-0.3, -0.25) is 9.89 Å². The maximum absolute atomic E-state index is 6.23. The summed E-state index contributed by atoms with van der Waals surface area (Å²) in [6.45, 7) is 10.5. The molecule has 1 fully saturated rings. The van der Waals surface area contributed by atoms with Crippen molar-refractivity contribution in [3.8, 4) is 5.75 Å². The lowest BCUT2D eigenvalue weighted by atomic mass is 10.0. The summed E-state index contributed by atoms with van der Waals surface area (Å²) in [4.78, 5) is 9.64. The van der Waals surface area contributed by atoms with Crippen molar-refractivity contribution < 1.29 is 4.74 Å². The van der Waals surface area contributed by atoms with E-state index in [4.69, 9.17) is 15.5 Å². The molecule has 0 radical (unpaired) electrons. The third-order valence-electron chi connectivity index (χ3n) is 5.51. The lowest BCUT2D eigenvalue weighted by molar-refractivity contribution is 0.0925. The Morgan fingerprint density at radius 2 is 2.00 bits per heavy atom. The second-order valence-corrected chi connectivity index (χ2v) is 7.75. The van der Waals surface area contributed by atoms with E-state index >= 15 is 0 Å². The number of benzene rings is 1. The summed E-state index contributed by atoms with van der Waals surface area (Å²) < 4.78 is 5.72. The predicted octanol–water partition coefficient (Wildman–Crippen LogP) is 1.69. The number of nitrogens with zero attached hydrogens (tertiary/aromatic N) is 3. The topological polar surface area (TPSA) is 66.1 Å². The van der Waals surface area contributed by atoms with Gasteiger partial charge >= 0.3 is 0 Å². The Kier molecular flexibility index (Phi) is 6.38. The summed E-state index contributed by atoms with van der Waals surface area (Å²) in [7, 11) is 2.19. The van der Waals surface area contributed by atoms with Crippen LogP contribution in [0.5, 0.6) is 5.75 Å². The number of ether oxygens (including phenoxy) is 1. The van der Waals surface area contributed by atoms with Crippen molar-refractivity contribution in [2.75, 3.05) is 46.4 Å². The van der Waals surface area contributed by atoms with Crippen LogP contribution in [0.25, 0.3) is 0 Å². The molecule has 0 bridgehead atoms. The number of guanidine groups is 1. The van der Waals surface area contributed by atoms with Crippen molar-refractivity contribution in [1.29, 1.82) is 0 Å². The fourth-order valence-electron chi connectivity index (χ4n) is 3.81. The standard InChI is InChI=1S/C20H33N5O/c1-15(2)18(25-11-9-24(3)10-12-25)14-22-20(21)23-17-8-13-26-19-7-5-4-6-16(17)19/h4-7,15,17-18H,8-14H2,1-3H3,(H3,21,22,23). The van der Waals surface area contributed by atoms with Gasteiger partial charge in [-0.25, -0.2) is 0 Å². The molecular formula is C20H33N5O. The molecule has 6 nitrogen and oxygen atoms in total. The molecule has 0 saturated carbocycles. The number of likely N-dealkylation sites (N-methyl/N-ethyl adjacent to an activating group) is 1. The largest absolute Gasteiger partial charge is 0.493 e. The molecule has 3 rings (SSSR count). The molecule has 0 amide bonds. The molecule has 0 aromatic heterocycles. The molecule has 1 aromatic carbocycles. The highest BCUT2D eigenvalue weighted by Gasteiger charge is 2.25. The van der Waals surface area contributed by atoms with Crippen LogP contribution in [-0.2, 0) is 0 Å². The smallest absolute Gasteiger partial charge is 0.189 e. The van der Waals surface area contributed by atoms with Crippen LogP contribution in [0.15, 0.2) is 29.3 Å². The molecule has 0 spiro atoms. The SMILES string of the molecule is CC(C)C(CN=C(N)NC1CCOc2ccccc21)N1CCN(C)CC1. The number of hydrogen-bond donors (Lipinski definition) is 2. The zero-order valence-corrected chi connectivity index (χ0v) is 16.3. The van der Waals surface area contributed by atoms with E-state index in [1.807, 2.05) is 18.2 Å². The summed E-state index contributed by atoms with van der Waals surface area (Å²) in [5, 5.41) is 3.40. The van der Waals surface area contributed by atoms with Crippen molar-refractivity contribution in [1.82, 2.24) is 15.1 Å². The minimum atomic E-state index is 0.171. The first-order valence-corrected chi connectivity index (χ1v) is 9.75. The first kappa shape index (κ1) is 19.0. The van der Waals surface area contributed by atoms with E-state index < -0.39 is 0 Å². The maximum atomic E-state index is 6.23. The first-order valence-electron chi connectivity index (χ1n) is 9.75. The van der Waals surface area contributed by atoms with Gasteiger partial charge in [0.2, 0.25) is 0 Å². The molecule has 3 N–H and O–H groups in total. The van der Waals surface area contributed by atoms with E-state index in [1.54, 1.807) is 0 Å². The highest BCUT2D eigenvalue weighted by molar-refractivity contribution is 5.78. The number of nitrogens with one attached hydrogen (secondary N) is 1. The number of para-hydroxylation sites is 1. The van der Waals surface area contributed by atoms with E-state index in [0.29, 0.717) is 24.5 Å². The molecule has 2 aliphatic heterocycles. The van der Waals surface area contributed by atoms with Crippen molar-refractivity contribution in [3.63, 3.8) is 0 Å². The summed E-state index contributed by atoms with van der Waals surface area (Å²) in [6, 6.07) is 8.76. The number of fused-ring (bicyclic) bond motifs is 1. The summed E-state index contributed by atoms with van der Waals surface area (Å²) in [5.41, 5.74) is 7.40. The second kappa shape index (κ2) is 8.73. The Morgan fingerprint density at radius 3 is 2.73 bits per heavy atom. The van der Waals surface area contributed by atoms with Gasteiger partial charge in [-0.05, 0) is 19.0 Å². The van der Waals surface area contributed by atoms with Gasteiger partial charge in [0.15, 0.2) is 5.96 Å². The highest BCUT2D eigenvalue weighted by Crippen LogP contribution is 2.31. The lowest BCUT2D eigenvalue weighted by Gasteiger charge is -2.39. The molecule has 1 saturated heterocycles. The van der Waals surface area contributed by atoms with Crippen LogP contribution < -0.4 is 15.8 Å². The third-order valence-corrected chi connectivity index (χ3v) is 5.51. The van der Waals surface area contributed by atoms with Gasteiger partial charge in [0, 0.05) is 44.2 Å². The minimum Gasteiger partial charge on any atom is -0.493 e. The van der Waals surface area contributed by atoms with E-state index in [9.17, 15) is 0 Å². The Labute approximate surface area is 157 Å². The predicted molar refractivity (Wildman–Crippen MR) is 107 cm³/mol. The fraction of sp³-hybridized carbons (Fsp3) is 0.650. The molecule has 0 aliphatic carbocycles. The van der Waals surface area contributed by atoms with Gasteiger partial charge in [0.25, 0.3) is 0 Å². The number of aliphatic imine (C=N–C) groups is 1. The van der Waals surface area contributed by atoms with Crippen LogP contribution in [0.2, 0.25) is 0 Å². The molecule has 2 heterocycles. The van der Waals surface area contributed by atoms with Crippen molar-refractivity contribution in [3.05, 3.63) is 29.8 Å². The molecule has 144 valence electrons. The van der Waals surface area contributed by atoms with Crippen molar-refractivity contribution >= 4 is 5.96 Å². The Bertz CT molecular complexity index is 610. The maximum Gasteiger partial charge on any atom is 0.189 e. The van der Waals surface area contributed by atoms with Crippen molar-refractivity contribution in [2.24, 2.45) is 16.6 Å². The number of rotatable bonds is 5. The molecule has 2 aliphatic rings. The van der Waals surface area contributed by atoms with Crippen LogP contribution in [0.4, 0.5) is 0 Å². The number of nitrogens with two attached hydrogens (primary N) is 1. The van der Waals surface area contributed by atoms with Gasteiger partial charge < -0.3 is 20.7 Å². The molecule has 6 heteroatoms. The molecule has 2 unspecified atom stereocenters. The van der Waals surface area contributed by atoms with Crippen LogP contribution in [0.1, 0.15) is 31.9 Å². The van der Waals surface area contributed by atoms with Crippen LogP contribution in [-0.4, -0.2) is 68.2 Å². The second-order valence-electron chi connectivity index (χ2n) is 7.75. The Balaban J connectivity index is 1.60.